The van der Waals surface area contributed by atoms with Crippen LogP contribution < -0.4 is 5.73 Å². The van der Waals surface area contributed by atoms with Crippen LogP contribution in [-0.2, 0) is 6.54 Å². The Labute approximate surface area is 121 Å². The average Bonchev–Trinajstić information content (AvgIpc) is 3.04. The lowest BCUT2D eigenvalue weighted by Crippen LogP contribution is -2.26. The number of aromatic nitrogens is 1. The van der Waals surface area contributed by atoms with Crippen molar-refractivity contribution in [1.82, 2.24) is 10.1 Å². The molecule has 0 fully saturated rings. The smallest absolute Gasteiger partial charge is 0.259 e. The van der Waals surface area contributed by atoms with Crippen molar-refractivity contribution < 1.29 is 9.32 Å². The monoisotopic (exact) mass is 289 g/mol. The molecule has 0 spiro atoms. The average molecular weight is 289 g/mol. The van der Waals surface area contributed by atoms with Crippen molar-refractivity contribution >= 4 is 17.2 Å². The molecule has 0 bridgehead atoms. The predicted molar refractivity (Wildman–Crippen MR) is 77.3 cm³/mol. The third-order valence-electron chi connectivity index (χ3n) is 2.71. The summed E-state index contributed by atoms with van der Waals surface area (Å²) in [5.74, 6) is 6.21. The Bertz CT molecular complexity index is 663. The number of carbonyl (C=O) groups excluding carboxylic acids is 1. The van der Waals surface area contributed by atoms with Crippen LogP contribution in [0.25, 0.3) is 0 Å². The first-order valence-electron chi connectivity index (χ1n) is 6.05. The highest BCUT2D eigenvalue weighted by Gasteiger charge is 2.17. The molecule has 2 aromatic heterocycles. The van der Waals surface area contributed by atoms with Crippen molar-refractivity contribution in [2.75, 3.05) is 13.6 Å². The van der Waals surface area contributed by atoms with Crippen LogP contribution in [0.15, 0.2) is 22.2 Å². The largest absolute Gasteiger partial charge is 0.361 e. The minimum absolute atomic E-state index is 0.107. The Morgan fingerprint density at radius 3 is 3.05 bits per heavy atom. The lowest BCUT2D eigenvalue weighted by Gasteiger charge is -2.15. The molecule has 0 aliphatic rings. The van der Waals surface area contributed by atoms with E-state index in [0.717, 1.165) is 10.4 Å². The Morgan fingerprint density at radius 1 is 1.60 bits per heavy atom. The van der Waals surface area contributed by atoms with Crippen LogP contribution in [-0.4, -0.2) is 29.6 Å². The molecule has 0 aromatic carbocycles. The molecule has 2 heterocycles. The van der Waals surface area contributed by atoms with E-state index in [9.17, 15) is 4.79 Å². The summed E-state index contributed by atoms with van der Waals surface area (Å²) in [6.45, 7) is 2.59. The van der Waals surface area contributed by atoms with Gasteiger partial charge in [0.05, 0.1) is 17.6 Å². The topological polar surface area (TPSA) is 72.4 Å². The van der Waals surface area contributed by atoms with E-state index in [4.69, 9.17) is 10.3 Å². The van der Waals surface area contributed by atoms with Gasteiger partial charge >= 0.3 is 0 Å². The number of nitrogens with two attached hydrogens (primary N) is 1. The van der Waals surface area contributed by atoms with Crippen molar-refractivity contribution in [3.63, 3.8) is 0 Å². The van der Waals surface area contributed by atoms with E-state index < -0.39 is 0 Å². The number of carbonyl (C=O) groups is 1. The van der Waals surface area contributed by atoms with E-state index in [1.54, 1.807) is 30.2 Å². The zero-order chi connectivity index (χ0) is 14.5. The molecule has 0 radical (unpaired) electrons. The van der Waals surface area contributed by atoms with Gasteiger partial charge in [0.1, 0.15) is 11.3 Å². The van der Waals surface area contributed by atoms with Crippen LogP contribution in [0.4, 0.5) is 0 Å². The number of hydrogen-bond acceptors (Lipinski definition) is 5. The second-order valence-corrected chi connectivity index (χ2v) is 5.19. The van der Waals surface area contributed by atoms with E-state index in [-0.39, 0.29) is 5.91 Å². The number of aryl methyl sites for hydroxylation is 1. The maximum Gasteiger partial charge on any atom is 0.259 e. The summed E-state index contributed by atoms with van der Waals surface area (Å²) in [4.78, 5) is 14.8. The Kier molecular flexibility index (Phi) is 4.56. The molecule has 2 aromatic rings. The van der Waals surface area contributed by atoms with Gasteiger partial charge in [0, 0.05) is 13.6 Å². The second-order valence-electron chi connectivity index (χ2n) is 4.28. The summed E-state index contributed by atoms with van der Waals surface area (Å²) < 4.78 is 4.91. The van der Waals surface area contributed by atoms with E-state index in [1.165, 1.54) is 6.20 Å². The summed E-state index contributed by atoms with van der Waals surface area (Å²) in [5, 5.41) is 5.61. The van der Waals surface area contributed by atoms with Gasteiger partial charge in [-0.15, -0.1) is 11.3 Å². The first-order valence-corrected chi connectivity index (χ1v) is 6.93. The highest BCUT2D eigenvalue weighted by atomic mass is 32.1. The van der Waals surface area contributed by atoms with Crippen LogP contribution in [0.3, 0.4) is 0 Å². The first-order chi connectivity index (χ1) is 9.61. The summed E-state index contributed by atoms with van der Waals surface area (Å²) in [6, 6.07) is 1.97. The standard InChI is InChI=1S/C14H15N3O2S/c1-10-13(7-16-19-10)14(18)17(2)8-11-6-12(20-9-11)4-3-5-15/h6-7,9H,5,8,15H2,1-2H3. The van der Waals surface area contributed by atoms with Crippen molar-refractivity contribution in [3.8, 4) is 11.8 Å². The quantitative estimate of drug-likeness (QED) is 0.872. The molecule has 0 saturated carbocycles. The zero-order valence-corrected chi connectivity index (χ0v) is 12.2. The van der Waals surface area contributed by atoms with Gasteiger partial charge in [-0.3, -0.25) is 4.79 Å². The van der Waals surface area contributed by atoms with Crippen molar-refractivity contribution in [2.24, 2.45) is 5.73 Å². The number of amides is 1. The van der Waals surface area contributed by atoms with Crippen LogP contribution in [0.5, 0.6) is 0 Å². The second kappa shape index (κ2) is 6.37. The number of rotatable bonds is 3. The van der Waals surface area contributed by atoms with Gasteiger partial charge < -0.3 is 15.2 Å². The number of thiophene rings is 1. The van der Waals surface area contributed by atoms with Crippen LogP contribution in [0.1, 0.15) is 26.6 Å². The van der Waals surface area contributed by atoms with Crippen molar-refractivity contribution in [3.05, 3.63) is 39.4 Å². The number of hydrogen-bond donors (Lipinski definition) is 1. The van der Waals surface area contributed by atoms with Crippen LogP contribution >= 0.6 is 11.3 Å². The zero-order valence-electron chi connectivity index (χ0n) is 11.3. The molecule has 0 saturated heterocycles. The van der Waals surface area contributed by atoms with Gasteiger partial charge in [0.2, 0.25) is 0 Å². The van der Waals surface area contributed by atoms with Gasteiger partial charge in [0.25, 0.3) is 5.91 Å². The molecule has 6 heteroatoms. The molecule has 0 unspecified atom stereocenters. The Balaban J connectivity index is 2.04. The molecule has 104 valence electrons. The summed E-state index contributed by atoms with van der Waals surface area (Å²) in [5.41, 5.74) is 6.87. The van der Waals surface area contributed by atoms with Gasteiger partial charge in [-0.25, -0.2) is 0 Å². The predicted octanol–water partition coefficient (Wildman–Crippen LogP) is 1.63. The lowest BCUT2D eigenvalue weighted by atomic mass is 10.2. The van der Waals surface area contributed by atoms with E-state index >= 15 is 0 Å². The maximum atomic E-state index is 12.2. The van der Waals surface area contributed by atoms with Gasteiger partial charge in [-0.05, 0) is 23.9 Å². The molecular weight excluding hydrogens is 274 g/mol. The molecule has 5 nitrogen and oxygen atoms in total. The highest BCUT2D eigenvalue weighted by molar-refractivity contribution is 7.10. The molecule has 1 amide bonds. The fraction of sp³-hybridized carbons (Fsp3) is 0.286. The lowest BCUT2D eigenvalue weighted by molar-refractivity contribution is 0.0783. The Morgan fingerprint density at radius 2 is 2.40 bits per heavy atom. The van der Waals surface area contributed by atoms with E-state index in [1.807, 2.05) is 11.4 Å². The molecule has 2 rings (SSSR count). The van der Waals surface area contributed by atoms with Crippen LogP contribution in [0.2, 0.25) is 0 Å². The molecule has 0 aliphatic heterocycles. The normalized spacial score (nSPS) is 9.95. The Hall–Kier alpha value is -2.10. The van der Waals surface area contributed by atoms with Gasteiger partial charge in [-0.1, -0.05) is 17.0 Å². The van der Waals surface area contributed by atoms with Crippen molar-refractivity contribution in [2.45, 2.75) is 13.5 Å². The van der Waals surface area contributed by atoms with Gasteiger partial charge in [-0.2, -0.15) is 0 Å². The molecule has 2 N–H and O–H groups in total. The fourth-order valence-electron chi connectivity index (χ4n) is 1.72. The summed E-state index contributed by atoms with van der Waals surface area (Å²) >= 11 is 1.55. The number of nitrogens with zero attached hydrogens (tertiary/aromatic N) is 2. The minimum atomic E-state index is -0.107. The van der Waals surface area contributed by atoms with Crippen molar-refractivity contribution in [1.29, 1.82) is 0 Å². The maximum absolute atomic E-state index is 12.2. The van der Waals surface area contributed by atoms with Gasteiger partial charge in [0.15, 0.2) is 0 Å². The fourth-order valence-corrected chi connectivity index (χ4v) is 2.49. The molecule has 20 heavy (non-hydrogen) atoms. The van der Waals surface area contributed by atoms with Crippen LogP contribution in [0, 0.1) is 18.8 Å². The molecule has 0 atom stereocenters. The third kappa shape index (κ3) is 3.26. The summed E-state index contributed by atoms with van der Waals surface area (Å²) in [6.07, 6.45) is 1.44. The minimum Gasteiger partial charge on any atom is -0.361 e. The highest BCUT2D eigenvalue weighted by Crippen LogP contribution is 2.17. The summed E-state index contributed by atoms with van der Waals surface area (Å²) in [7, 11) is 1.75. The van der Waals surface area contributed by atoms with E-state index in [0.29, 0.717) is 24.4 Å². The molecule has 0 aliphatic carbocycles. The SMILES string of the molecule is Cc1oncc1C(=O)N(C)Cc1csc(C#CCN)c1. The third-order valence-corrected chi connectivity index (χ3v) is 3.61. The molecular formula is C14H15N3O2S. The first kappa shape index (κ1) is 14.3. The van der Waals surface area contributed by atoms with E-state index in [2.05, 4.69) is 17.0 Å².